The largest absolute Gasteiger partial charge is 0.387 e. The first-order valence-electron chi connectivity index (χ1n) is 2.92. The van der Waals surface area contributed by atoms with Gasteiger partial charge in [-0.1, -0.05) is 0 Å². The van der Waals surface area contributed by atoms with Gasteiger partial charge in [0.1, 0.15) is 25.0 Å². The second kappa shape index (κ2) is 2.79. The molecule has 1 rings (SSSR count). The van der Waals surface area contributed by atoms with Crippen molar-refractivity contribution in [1.82, 2.24) is 0 Å². The molecule has 0 saturated carbocycles. The van der Waals surface area contributed by atoms with Crippen LogP contribution in [0.3, 0.4) is 0 Å². The van der Waals surface area contributed by atoms with Crippen molar-refractivity contribution in [3.8, 4) is 0 Å². The van der Waals surface area contributed by atoms with Gasteiger partial charge in [0.2, 0.25) is 0 Å². The molecule has 1 heterocycles. The van der Waals surface area contributed by atoms with E-state index >= 15 is 0 Å². The summed E-state index contributed by atoms with van der Waals surface area (Å²) >= 11 is 0. The Balaban J connectivity index is 2.53. The van der Waals surface area contributed by atoms with Crippen molar-refractivity contribution in [3.63, 3.8) is 0 Å². The zero-order valence-corrected chi connectivity index (χ0v) is 5.14. The Morgan fingerprint density at radius 3 is 2.00 bits per heavy atom. The van der Waals surface area contributed by atoms with Gasteiger partial charge in [-0.25, -0.2) is 4.39 Å². The topological polar surface area (TPSA) is 69.9 Å². The average molecular weight is 152 g/mol. The number of aliphatic hydroxyl groups excluding tert-OH is 3. The Hall–Kier alpha value is -0.230. The Bertz CT molecular complexity index is 120. The maximum Gasteiger partial charge on any atom is 0.184 e. The van der Waals surface area contributed by atoms with Crippen LogP contribution in [0, 0.1) is 0 Å². The van der Waals surface area contributed by atoms with Gasteiger partial charge in [0, 0.05) is 0 Å². The van der Waals surface area contributed by atoms with Gasteiger partial charge in [0.05, 0.1) is 0 Å². The molecule has 0 aromatic rings. The van der Waals surface area contributed by atoms with E-state index in [0.29, 0.717) is 0 Å². The van der Waals surface area contributed by atoms with Crippen LogP contribution in [0.25, 0.3) is 0 Å². The number of alkyl halides is 1. The highest BCUT2D eigenvalue weighted by atomic mass is 19.1. The van der Waals surface area contributed by atoms with E-state index in [1.165, 1.54) is 0 Å². The van der Waals surface area contributed by atoms with Crippen LogP contribution in [0.4, 0.5) is 4.39 Å². The molecule has 0 aliphatic carbocycles. The molecule has 4 nitrogen and oxygen atoms in total. The van der Waals surface area contributed by atoms with Crippen molar-refractivity contribution < 1.29 is 24.4 Å². The minimum Gasteiger partial charge on any atom is -0.387 e. The lowest BCUT2D eigenvalue weighted by molar-refractivity contribution is -0.129. The van der Waals surface area contributed by atoms with Crippen LogP contribution in [-0.2, 0) is 4.74 Å². The van der Waals surface area contributed by atoms with Gasteiger partial charge in [-0.2, -0.15) is 0 Å². The van der Waals surface area contributed by atoms with E-state index in [4.69, 9.17) is 15.3 Å². The van der Waals surface area contributed by atoms with Crippen molar-refractivity contribution in [2.75, 3.05) is 6.67 Å². The molecule has 4 atom stereocenters. The molecule has 60 valence electrons. The van der Waals surface area contributed by atoms with E-state index in [1.807, 2.05) is 0 Å². The number of rotatable bonds is 1. The predicted molar refractivity (Wildman–Crippen MR) is 28.9 cm³/mol. The quantitative estimate of drug-likeness (QED) is 0.423. The molecule has 3 N–H and O–H groups in total. The summed E-state index contributed by atoms with van der Waals surface area (Å²) in [6.07, 6.45) is -5.26. The van der Waals surface area contributed by atoms with E-state index in [-0.39, 0.29) is 0 Å². The lowest BCUT2D eigenvalue weighted by atomic mass is 10.1. The molecule has 1 fully saturated rings. The van der Waals surface area contributed by atoms with Gasteiger partial charge in [0.15, 0.2) is 6.29 Å². The molecule has 5 heteroatoms. The Morgan fingerprint density at radius 2 is 1.80 bits per heavy atom. The Labute approximate surface area is 56.9 Å². The summed E-state index contributed by atoms with van der Waals surface area (Å²) in [6, 6.07) is 0. The van der Waals surface area contributed by atoms with E-state index in [9.17, 15) is 4.39 Å². The molecule has 1 aliphatic heterocycles. The van der Waals surface area contributed by atoms with Crippen LogP contribution >= 0.6 is 0 Å². The van der Waals surface area contributed by atoms with Crippen LogP contribution < -0.4 is 0 Å². The van der Waals surface area contributed by atoms with E-state index in [2.05, 4.69) is 4.74 Å². The van der Waals surface area contributed by atoms with Crippen LogP contribution in [0.5, 0.6) is 0 Å². The van der Waals surface area contributed by atoms with Gasteiger partial charge >= 0.3 is 0 Å². The fraction of sp³-hybridized carbons (Fsp3) is 1.00. The lowest BCUT2D eigenvalue weighted by Crippen LogP contribution is -2.33. The standard InChI is InChI=1S/C5H9FO4/c6-1-2-3(7)4(8)5(9)10-2/h2-5,7-9H,1H2/t2-,3-,4-,5-/m1/s1. The first-order valence-corrected chi connectivity index (χ1v) is 2.92. The second-order valence-corrected chi connectivity index (χ2v) is 2.20. The number of hydrogen-bond acceptors (Lipinski definition) is 4. The number of ether oxygens (including phenoxy) is 1. The number of hydrogen-bond donors (Lipinski definition) is 3. The third-order valence-corrected chi connectivity index (χ3v) is 1.49. The van der Waals surface area contributed by atoms with Gasteiger partial charge in [-0.15, -0.1) is 0 Å². The second-order valence-electron chi connectivity index (χ2n) is 2.20. The fourth-order valence-corrected chi connectivity index (χ4v) is 0.856. The molecule has 0 spiro atoms. The van der Waals surface area contributed by atoms with Crippen molar-refractivity contribution in [2.24, 2.45) is 0 Å². The zero-order chi connectivity index (χ0) is 7.72. The molecular weight excluding hydrogens is 143 g/mol. The Kier molecular flexibility index (Phi) is 2.20. The minimum atomic E-state index is -1.46. The van der Waals surface area contributed by atoms with Gasteiger partial charge in [-0.05, 0) is 0 Å². The summed E-state index contributed by atoms with van der Waals surface area (Å²) in [5.41, 5.74) is 0. The fourth-order valence-electron chi connectivity index (χ4n) is 0.856. The molecule has 0 unspecified atom stereocenters. The van der Waals surface area contributed by atoms with Crippen molar-refractivity contribution >= 4 is 0 Å². The molecule has 1 saturated heterocycles. The first-order chi connectivity index (χ1) is 4.66. The van der Waals surface area contributed by atoms with Crippen molar-refractivity contribution in [1.29, 1.82) is 0 Å². The summed E-state index contributed by atoms with van der Waals surface area (Å²) in [7, 11) is 0. The zero-order valence-electron chi connectivity index (χ0n) is 5.14. The highest BCUT2D eigenvalue weighted by Crippen LogP contribution is 2.19. The molecule has 0 aromatic heterocycles. The van der Waals surface area contributed by atoms with Crippen molar-refractivity contribution in [2.45, 2.75) is 24.6 Å². The molecule has 0 amide bonds. The highest BCUT2D eigenvalue weighted by Gasteiger charge is 2.41. The molecular formula is C5H9FO4. The first kappa shape index (κ1) is 7.87. The van der Waals surface area contributed by atoms with E-state index in [1.54, 1.807) is 0 Å². The van der Waals surface area contributed by atoms with E-state index in [0.717, 1.165) is 0 Å². The normalized spacial score (nSPS) is 48.0. The Morgan fingerprint density at radius 1 is 1.20 bits per heavy atom. The lowest BCUT2D eigenvalue weighted by Gasteiger charge is -2.08. The summed E-state index contributed by atoms with van der Waals surface area (Å²) in [5, 5.41) is 26.3. The average Bonchev–Trinajstić information content (AvgIpc) is 2.17. The predicted octanol–water partition coefficient (Wildman–Crippen LogP) is -1.61. The summed E-state index contributed by atoms with van der Waals surface area (Å²) < 4.78 is 16.2. The summed E-state index contributed by atoms with van der Waals surface area (Å²) in [4.78, 5) is 0. The maximum atomic E-state index is 11.8. The van der Waals surface area contributed by atoms with Crippen molar-refractivity contribution in [3.05, 3.63) is 0 Å². The van der Waals surface area contributed by atoms with Gasteiger partial charge in [0.25, 0.3) is 0 Å². The number of halogens is 1. The van der Waals surface area contributed by atoms with Crippen LogP contribution in [-0.4, -0.2) is 46.6 Å². The summed E-state index contributed by atoms with van der Waals surface area (Å²) in [6.45, 7) is -0.907. The third-order valence-electron chi connectivity index (χ3n) is 1.49. The SMILES string of the molecule is O[C@@H]1[C@H](O)[C@@H](CF)O[C@H]1O. The highest BCUT2D eigenvalue weighted by molar-refractivity contribution is 4.84. The van der Waals surface area contributed by atoms with Crippen LogP contribution in [0.15, 0.2) is 0 Å². The molecule has 0 radical (unpaired) electrons. The summed E-state index contributed by atoms with van der Waals surface area (Å²) in [5.74, 6) is 0. The number of aliphatic hydroxyl groups is 3. The molecule has 10 heavy (non-hydrogen) atoms. The smallest absolute Gasteiger partial charge is 0.184 e. The monoisotopic (exact) mass is 152 g/mol. The van der Waals surface area contributed by atoms with Gasteiger partial charge in [-0.3, -0.25) is 0 Å². The van der Waals surface area contributed by atoms with E-state index < -0.39 is 31.3 Å². The molecule has 0 bridgehead atoms. The van der Waals surface area contributed by atoms with Crippen LogP contribution in [0.1, 0.15) is 0 Å². The maximum absolute atomic E-state index is 11.8. The minimum absolute atomic E-state index is 0.907. The molecule has 1 aliphatic rings. The van der Waals surface area contributed by atoms with Crippen LogP contribution in [0.2, 0.25) is 0 Å². The molecule has 0 aromatic carbocycles. The van der Waals surface area contributed by atoms with Gasteiger partial charge < -0.3 is 20.1 Å². The third kappa shape index (κ3) is 1.13.